The lowest BCUT2D eigenvalue weighted by atomic mass is 10.1. The quantitative estimate of drug-likeness (QED) is 0.349. The maximum atomic E-state index is 10.7. The lowest BCUT2D eigenvalue weighted by Gasteiger charge is -2.08. The summed E-state index contributed by atoms with van der Waals surface area (Å²) in [7, 11) is 0. The Morgan fingerprint density at radius 1 is 1.00 bits per heavy atom. The highest BCUT2D eigenvalue weighted by Crippen LogP contribution is 2.24. The topological polar surface area (TPSA) is 70.2 Å². The van der Waals surface area contributed by atoms with Crippen LogP contribution < -0.4 is 4.74 Å². The molecule has 0 aliphatic heterocycles. The van der Waals surface area contributed by atoms with Gasteiger partial charge in [0.05, 0.1) is 17.9 Å². The van der Waals surface area contributed by atoms with Crippen LogP contribution in [0.4, 0.5) is 5.69 Å². The van der Waals surface area contributed by atoms with Gasteiger partial charge in [0.25, 0.3) is 5.69 Å². The fourth-order valence-electron chi connectivity index (χ4n) is 2.52. The van der Waals surface area contributed by atoms with Gasteiger partial charge in [0.2, 0.25) is 0 Å². The smallest absolute Gasteiger partial charge is 0.269 e. The molecule has 1 aromatic heterocycles. The average molecular weight is 337 g/mol. The highest BCUT2D eigenvalue weighted by atomic mass is 16.6. The van der Waals surface area contributed by atoms with Gasteiger partial charge in [-0.05, 0) is 48.2 Å². The number of rotatable bonds is 8. The molecule has 2 aromatic carbocycles. The Morgan fingerprint density at radius 2 is 1.68 bits per heavy atom. The van der Waals surface area contributed by atoms with Crippen molar-refractivity contribution in [1.29, 1.82) is 0 Å². The number of aromatic nitrogens is 2. The van der Waals surface area contributed by atoms with Crippen LogP contribution in [0.25, 0.3) is 11.1 Å². The fraction of sp³-hybridized carbons (Fsp3) is 0.211. The predicted molar refractivity (Wildman–Crippen MR) is 95.5 cm³/mol. The van der Waals surface area contributed by atoms with Crippen LogP contribution in [0.5, 0.6) is 5.75 Å². The summed E-state index contributed by atoms with van der Waals surface area (Å²) in [5.41, 5.74) is 2.04. The number of hydrogen-bond acceptors (Lipinski definition) is 4. The molecule has 0 unspecified atom stereocenters. The number of imidazole rings is 1. The van der Waals surface area contributed by atoms with Crippen molar-refractivity contribution in [2.45, 2.75) is 19.4 Å². The van der Waals surface area contributed by atoms with Gasteiger partial charge in [-0.25, -0.2) is 4.98 Å². The summed E-state index contributed by atoms with van der Waals surface area (Å²) in [4.78, 5) is 14.3. The number of non-ortho nitro benzene ring substituents is 1. The SMILES string of the molecule is O=[N+]([O-])c1ccc(-c2ccc(OCCCCn3ccnc3)cc2)cc1. The molecule has 0 radical (unpaired) electrons. The van der Waals surface area contributed by atoms with E-state index in [2.05, 4.69) is 9.55 Å². The number of aryl methyl sites for hydroxylation is 1. The highest BCUT2D eigenvalue weighted by molar-refractivity contribution is 5.65. The zero-order valence-electron chi connectivity index (χ0n) is 13.7. The molecule has 0 aliphatic rings. The minimum Gasteiger partial charge on any atom is -0.494 e. The molecule has 0 amide bonds. The molecule has 6 nitrogen and oxygen atoms in total. The molecule has 0 N–H and O–H groups in total. The Morgan fingerprint density at radius 3 is 2.28 bits per heavy atom. The normalized spacial score (nSPS) is 10.6. The third-order valence-corrected chi connectivity index (χ3v) is 3.90. The second-order valence-corrected chi connectivity index (χ2v) is 5.68. The van der Waals surface area contributed by atoms with Gasteiger partial charge in [-0.2, -0.15) is 0 Å². The number of nitro groups is 1. The first-order valence-corrected chi connectivity index (χ1v) is 8.16. The average Bonchev–Trinajstić information content (AvgIpc) is 3.15. The second-order valence-electron chi connectivity index (χ2n) is 5.68. The molecule has 0 atom stereocenters. The monoisotopic (exact) mass is 337 g/mol. The molecule has 25 heavy (non-hydrogen) atoms. The van der Waals surface area contributed by atoms with Crippen LogP contribution in [0.1, 0.15) is 12.8 Å². The highest BCUT2D eigenvalue weighted by Gasteiger charge is 2.05. The van der Waals surface area contributed by atoms with Crippen molar-refractivity contribution in [3.63, 3.8) is 0 Å². The zero-order chi connectivity index (χ0) is 17.5. The summed E-state index contributed by atoms with van der Waals surface area (Å²) < 4.78 is 7.81. The summed E-state index contributed by atoms with van der Waals surface area (Å²) in [6.45, 7) is 1.62. The summed E-state index contributed by atoms with van der Waals surface area (Å²) >= 11 is 0. The Kier molecular flexibility index (Phi) is 5.41. The molecular formula is C19H19N3O3. The van der Waals surface area contributed by atoms with Gasteiger partial charge in [-0.3, -0.25) is 10.1 Å². The third kappa shape index (κ3) is 4.67. The second kappa shape index (κ2) is 8.10. The van der Waals surface area contributed by atoms with Crippen molar-refractivity contribution in [3.8, 4) is 16.9 Å². The van der Waals surface area contributed by atoms with Gasteiger partial charge in [0.1, 0.15) is 5.75 Å². The molecule has 128 valence electrons. The Labute approximate surface area is 145 Å². The number of nitrogens with zero attached hydrogens (tertiary/aromatic N) is 3. The molecule has 0 saturated carbocycles. The molecule has 0 bridgehead atoms. The van der Waals surface area contributed by atoms with E-state index in [9.17, 15) is 10.1 Å². The van der Waals surface area contributed by atoms with E-state index in [0.29, 0.717) is 6.61 Å². The largest absolute Gasteiger partial charge is 0.494 e. The van der Waals surface area contributed by atoms with Crippen molar-refractivity contribution in [2.75, 3.05) is 6.61 Å². The maximum Gasteiger partial charge on any atom is 0.269 e. The fourth-order valence-corrected chi connectivity index (χ4v) is 2.52. The first-order chi connectivity index (χ1) is 12.2. The van der Waals surface area contributed by atoms with Gasteiger partial charge < -0.3 is 9.30 Å². The standard InChI is InChI=1S/C19H19N3O3/c23-22(24)18-7-3-16(4-8-18)17-5-9-19(10-6-17)25-14-2-1-12-21-13-11-20-15-21/h3-11,13,15H,1-2,12,14H2. The van der Waals surface area contributed by atoms with E-state index in [0.717, 1.165) is 36.3 Å². The van der Waals surface area contributed by atoms with Gasteiger partial charge >= 0.3 is 0 Å². The van der Waals surface area contributed by atoms with Crippen LogP contribution in [-0.4, -0.2) is 21.1 Å². The van der Waals surface area contributed by atoms with Crippen molar-refractivity contribution in [1.82, 2.24) is 9.55 Å². The van der Waals surface area contributed by atoms with Crippen molar-refractivity contribution < 1.29 is 9.66 Å². The van der Waals surface area contributed by atoms with E-state index < -0.39 is 4.92 Å². The van der Waals surface area contributed by atoms with Crippen LogP contribution in [0.3, 0.4) is 0 Å². The lowest BCUT2D eigenvalue weighted by molar-refractivity contribution is -0.384. The number of benzene rings is 2. The van der Waals surface area contributed by atoms with E-state index in [4.69, 9.17) is 4.74 Å². The summed E-state index contributed by atoms with van der Waals surface area (Å²) in [6, 6.07) is 14.3. The predicted octanol–water partition coefficient (Wildman–Crippen LogP) is 4.32. The summed E-state index contributed by atoms with van der Waals surface area (Å²) in [5, 5.41) is 10.7. The number of unbranched alkanes of at least 4 members (excludes halogenated alkanes) is 1. The number of hydrogen-bond donors (Lipinski definition) is 0. The molecule has 6 heteroatoms. The Balaban J connectivity index is 1.47. The molecular weight excluding hydrogens is 318 g/mol. The Hall–Kier alpha value is -3.15. The van der Waals surface area contributed by atoms with Crippen molar-refractivity contribution in [2.24, 2.45) is 0 Å². The van der Waals surface area contributed by atoms with Crippen molar-refractivity contribution >= 4 is 5.69 Å². The van der Waals surface area contributed by atoms with Crippen LogP contribution in [0.15, 0.2) is 67.3 Å². The first kappa shape index (κ1) is 16.7. The number of ether oxygens (including phenoxy) is 1. The molecule has 3 rings (SSSR count). The van der Waals surface area contributed by atoms with Crippen LogP contribution in [0, 0.1) is 10.1 Å². The van der Waals surface area contributed by atoms with E-state index in [1.165, 1.54) is 12.1 Å². The molecule has 0 aliphatic carbocycles. The van der Waals surface area contributed by atoms with E-state index in [1.807, 2.05) is 36.8 Å². The van der Waals surface area contributed by atoms with Crippen LogP contribution in [-0.2, 0) is 6.54 Å². The summed E-state index contributed by atoms with van der Waals surface area (Å²) in [5.74, 6) is 0.827. The van der Waals surface area contributed by atoms with Crippen molar-refractivity contribution in [3.05, 3.63) is 77.4 Å². The minimum atomic E-state index is -0.395. The first-order valence-electron chi connectivity index (χ1n) is 8.16. The lowest BCUT2D eigenvalue weighted by Crippen LogP contribution is -2.00. The van der Waals surface area contributed by atoms with E-state index in [-0.39, 0.29) is 5.69 Å². The molecule has 1 heterocycles. The Bertz CT molecular complexity index is 797. The zero-order valence-corrected chi connectivity index (χ0v) is 13.7. The van der Waals surface area contributed by atoms with Gasteiger partial charge in [-0.15, -0.1) is 0 Å². The molecule has 0 fully saturated rings. The van der Waals surface area contributed by atoms with Crippen LogP contribution in [0.2, 0.25) is 0 Å². The molecule has 3 aromatic rings. The van der Waals surface area contributed by atoms with E-state index >= 15 is 0 Å². The van der Waals surface area contributed by atoms with Gasteiger partial charge in [0, 0.05) is 31.1 Å². The summed E-state index contributed by atoms with van der Waals surface area (Å²) in [6.07, 6.45) is 7.57. The molecule has 0 saturated heterocycles. The van der Waals surface area contributed by atoms with E-state index in [1.54, 1.807) is 18.3 Å². The number of nitro benzene ring substituents is 1. The van der Waals surface area contributed by atoms with Crippen LogP contribution >= 0.6 is 0 Å². The van der Waals surface area contributed by atoms with Gasteiger partial charge in [0.15, 0.2) is 0 Å². The third-order valence-electron chi connectivity index (χ3n) is 3.90. The molecule has 0 spiro atoms. The maximum absolute atomic E-state index is 10.7. The van der Waals surface area contributed by atoms with Gasteiger partial charge in [-0.1, -0.05) is 12.1 Å². The minimum absolute atomic E-state index is 0.0967.